The number of ether oxygens (including phenoxy) is 1. The zero-order valence-electron chi connectivity index (χ0n) is 15.3. The molecule has 152 valence electrons. The Morgan fingerprint density at radius 1 is 1.32 bits per heavy atom. The zero-order valence-corrected chi connectivity index (χ0v) is 16.9. The fourth-order valence-electron chi connectivity index (χ4n) is 2.97. The lowest BCUT2D eigenvalue weighted by atomic mass is 9.79. The van der Waals surface area contributed by atoms with Crippen molar-refractivity contribution in [2.24, 2.45) is 11.1 Å². The van der Waals surface area contributed by atoms with Gasteiger partial charge in [-0.2, -0.15) is 0 Å². The van der Waals surface area contributed by atoms with Crippen LogP contribution < -0.4 is 16.4 Å². The molecule has 4 N–H and O–H groups in total. The van der Waals surface area contributed by atoms with Crippen LogP contribution in [0.25, 0.3) is 11.3 Å². The molecule has 1 aromatic heterocycles. The number of nitrogens with one attached hydrogen (secondary N) is 2. The van der Waals surface area contributed by atoms with Gasteiger partial charge in [0.05, 0.1) is 11.1 Å². The van der Waals surface area contributed by atoms with Crippen LogP contribution in [0.3, 0.4) is 0 Å². The highest BCUT2D eigenvalue weighted by Gasteiger charge is 2.39. The minimum absolute atomic E-state index is 0. The van der Waals surface area contributed by atoms with Crippen LogP contribution in [0.15, 0.2) is 23.6 Å². The van der Waals surface area contributed by atoms with E-state index in [0.29, 0.717) is 48.1 Å². The Balaban J connectivity index is 0.00000280. The molecule has 2 aromatic rings. The van der Waals surface area contributed by atoms with E-state index in [-0.39, 0.29) is 30.8 Å². The molecule has 2 heterocycles. The molecule has 1 saturated heterocycles. The Morgan fingerprint density at radius 2 is 2.04 bits per heavy atom. The number of nitrogens with two attached hydrogens (primary N) is 1. The Bertz CT molecular complexity index is 855. The second kappa shape index (κ2) is 9.42. The number of thiazole rings is 1. The van der Waals surface area contributed by atoms with E-state index in [9.17, 15) is 14.0 Å². The van der Waals surface area contributed by atoms with Gasteiger partial charge in [0.1, 0.15) is 5.82 Å². The summed E-state index contributed by atoms with van der Waals surface area (Å²) < 4.78 is 19.7. The van der Waals surface area contributed by atoms with Gasteiger partial charge in [-0.25, -0.2) is 9.37 Å². The minimum Gasteiger partial charge on any atom is -0.381 e. The molecule has 1 aliphatic heterocycles. The van der Waals surface area contributed by atoms with E-state index < -0.39 is 11.2 Å². The maximum Gasteiger partial charge on any atom is 0.233 e. The summed E-state index contributed by atoms with van der Waals surface area (Å²) in [4.78, 5) is 28.1. The van der Waals surface area contributed by atoms with Gasteiger partial charge in [0, 0.05) is 43.3 Å². The summed E-state index contributed by atoms with van der Waals surface area (Å²) in [5.41, 5.74) is 6.26. The van der Waals surface area contributed by atoms with Crippen molar-refractivity contribution in [3.05, 3.63) is 29.4 Å². The molecule has 3 rings (SSSR count). The standard InChI is InChI=1S/C18H21FN4O3S.ClH/c1-11(24)21-12-2-3-13(14(19)8-12)15-9-27-17(22-15)23-16(25)18(10-20)4-6-26-7-5-18;/h2-3,8-9H,4-7,10,20H2,1H3,(H,21,24)(H,22,23,25);1H. The number of carbonyl (C=O) groups excluding carboxylic acids is 2. The largest absolute Gasteiger partial charge is 0.381 e. The topological polar surface area (TPSA) is 106 Å². The van der Waals surface area contributed by atoms with E-state index in [0.717, 1.165) is 0 Å². The van der Waals surface area contributed by atoms with Gasteiger partial charge < -0.3 is 21.1 Å². The molecule has 0 bridgehead atoms. The summed E-state index contributed by atoms with van der Waals surface area (Å²) in [6, 6.07) is 4.38. The average molecular weight is 429 g/mol. The number of hydrogen-bond acceptors (Lipinski definition) is 6. The average Bonchev–Trinajstić information content (AvgIpc) is 3.10. The highest BCUT2D eigenvalue weighted by atomic mass is 35.5. The Kier molecular flexibility index (Phi) is 7.48. The van der Waals surface area contributed by atoms with Gasteiger partial charge in [-0.05, 0) is 31.0 Å². The summed E-state index contributed by atoms with van der Waals surface area (Å²) in [7, 11) is 0. The van der Waals surface area contributed by atoms with Gasteiger partial charge in [0.25, 0.3) is 0 Å². The van der Waals surface area contributed by atoms with Gasteiger partial charge in [-0.15, -0.1) is 23.7 Å². The number of carbonyl (C=O) groups is 2. The summed E-state index contributed by atoms with van der Waals surface area (Å²) in [5, 5.41) is 7.39. The van der Waals surface area contributed by atoms with E-state index in [1.165, 1.54) is 24.3 Å². The first kappa shape index (κ1) is 22.2. The fourth-order valence-corrected chi connectivity index (χ4v) is 3.68. The molecule has 1 fully saturated rings. The molecule has 0 atom stereocenters. The van der Waals surface area contributed by atoms with Crippen LogP contribution in [0.4, 0.5) is 15.2 Å². The number of amides is 2. The summed E-state index contributed by atoms with van der Waals surface area (Å²) in [5.74, 6) is -0.967. The van der Waals surface area contributed by atoms with Gasteiger partial charge in [0.15, 0.2) is 5.13 Å². The van der Waals surface area contributed by atoms with Gasteiger partial charge >= 0.3 is 0 Å². The summed E-state index contributed by atoms with van der Waals surface area (Å²) in [6.07, 6.45) is 1.12. The third-order valence-electron chi connectivity index (χ3n) is 4.61. The monoisotopic (exact) mass is 428 g/mol. The van der Waals surface area contributed by atoms with Crippen LogP contribution in [0, 0.1) is 11.2 Å². The Labute approximate surface area is 172 Å². The lowest BCUT2D eigenvalue weighted by Gasteiger charge is -2.34. The SMILES string of the molecule is CC(=O)Nc1ccc(-c2csc(NC(=O)C3(CN)CCOCC3)n2)c(F)c1.Cl. The number of aromatic nitrogens is 1. The van der Waals surface area contributed by atoms with Crippen molar-refractivity contribution < 1.29 is 18.7 Å². The molecule has 1 aromatic carbocycles. The second-order valence-electron chi connectivity index (χ2n) is 6.46. The molecular formula is C18H22ClFN4O3S. The maximum absolute atomic E-state index is 14.4. The first-order valence-corrected chi connectivity index (χ1v) is 9.44. The minimum atomic E-state index is -0.657. The van der Waals surface area contributed by atoms with Crippen LogP contribution in [-0.2, 0) is 14.3 Å². The molecule has 0 radical (unpaired) electrons. The molecule has 10 heteroatoms. The van der Waals surface area contributed by atoms with Crippen molar-refractivity contribution in [1.82, 2.24) is 4.98 Å². The second-order valence-corrected chi connectivity index (χ2v) is 7.32. The lowest BCUT2D eigenvalue weighted by molar-refractivity contribution is -0.130. The smallest absolute Gasteiger partial charge is 0.233 e. The number of anilines is 2. The fraction of sp³-hybridized carbons (Fsp3) is 0.389. The quantitative estimate of drug-likeness (QED) is 0.678. The van der Waals surface area contributed by atoms with Crippen LogP contribution in [-0.4, -0.2) is 36.6 Å². The Morgan fingerprint density at radius 3 is 2.64 bits per heavy atom. The van der Waals surface area contributed by atoms with Crippen LogP contribution in [0.5, 0.6) is 0 Å². The molecular weight excluding hydrogens is 407 g/mol. The maximum atomic E-state index is 14.4. The molecule has 0 spiro atoms. The highest BCUT2D eigenvalue weighted by Crippen LogP contribution is 2.33. The van der Waals surface area contributed by atoms with E-state index in [2.05, 4.69) is 15.6 Å². The predicted molar refractivity (Wildman–Crippen MR) is 109 cm³/mol. The van der Waals surface area contributed by atoms with Crippen molar-refractivity contribution in [2.75, 3.05) is 30.4 Å². The van der Waals surface area contributed by atoms with Crippen LogP contribution in [0.1, 0.15) is 19.8 Å². The predicted octanol–water partition coefficient (Wildman–Crippen LogP) is 3.02. The van der Waals surface area contributed by atoms with E-state index in [1.807, 2.05) is 0 Å². The summed E-state index contributed by atoms with van der Waals surface area (Å²) in [6.45, 7) is 2.59. The molecule has 0 unspecified atom stereocenters. The number of benzene rings is 1. The van der Waals surface area contributed by atoms with Crippen molar-refractivity contribution in [3.63, 3.8) is 0 Å². The third-order valence-corrected chi connectivity index (χ3v) is 5.37. The number of halogens is 2. The van der Waals surface area contributed by atoms with Gasteiger partial charge in [-0.3, -0.25) is 9.59 Å². The lowest BCUT2D eigenvalue weighted by Crippen LogP contribution is -2.46. The third kappa shape index (κ3) is 4.85. The normalized spacial score (nSPS) is 15.4. The van der Waals surface area contributed by atoms with Crippen molar-refractivity contribution >= 4 is 46.4 Å². The van der Waals surface area contributed by atoms with Crippen LogP contribution >= 0.6 is 23.7 Å². The van der Waals surface area contributed by atoms with Crippen molar-refractivity contribution in [2.45, 2.75) is 19.8 Å². The number of nitrogens with zero attached hydrogens (tertiary/aromatic N) is 1. The number of rotatable bonds is 5. The van der Waals surface area contributed by atoms with Crippen LogP contribution in [0.2, 0.25) is 0 Å². The summed E-state index contributed by atoms with van der Waals surface area (Å²) >= 11 is 1.22. The van der Waals surface area contributed by atoms with Gasteiger partial charge in [-0.1, -0.05) is 0 Å². The number of hydrogen-bond donors (Lipinski definition) is 3. The van der Waals surface area contributed by atoms with E-state index >= 15 is 0 Å². The highest BCUT2D eigenvalue weighted by molar-refractivity contribution is 7.14. The zero-order chi connectivity index (χ0) is 19.4. The first-order chi connectivity index (χ1) is 12.9. The first-order valence-electron chi connectivity index (χ1n) is 8.56. The Hall–Kier alpha value is -2.07. The molecule has 2 amide bonds. The van der Waals surface area contributed by atoms with E-state index in [1.54, 1.807) is 17.5 Å². The van der Waals surface area contributed by atoms with E-state index in [4.69, 9.17) is 10.5 Å². The molecule has 0 saturated carbocycles. The molecule has 1 aliphatic rings. The van der Waals surface area contributed by atoms with Gasteiger partial charge in [0.2, 0.25) is 11.8 Å². The molecule has 28 heavy (non-hydrogen) atoms. The molecule has 7 nitrogen and oxygen atoms in total. The molecule has 0 aliphatic carbocycles. The van der Waals surface area contributed by atoms with Crippen molar-refractivity contribution in [1.29, 1.82) is 0 Å². The van der Waals surface area contributed by atoms with Crippen molar-refractivity contribution in [3.8, 4) is 11.3 Å².